The lowest BCUT2D eigenvalue weighted by atomic mass is 10.1. The van der Waals surface area contributed by atoms with Crippen LogP contribution in [-0.2, 0) is 19.6 Å². The van der Waals surface area contributed by atoms with E-state index in [-0.39, 0.29) is 6.04 Å². The first-order chi connectivity index (χ1) is 8.01. The Morgan fingerprint density at radius 2 is 2.24 bits per heavy atom. The Labute approximate surface area is 102 Å². The number of piperidine rings is 1. The van der Waals surface area contributed by atoms with Crippen LogP contribution in [0.1, 0.15) is 19.8 Å². The minimum atomic E-state index is -3.56. The summed E-state index contributed by atoms with van der Waals surface area (Å²) in [7, 11) is -2.37. The summed E-state index contributed by atoms with van der Waals surface area (Å²) in [6.45, 7) is 3.73. The number of rotatable bonds is 5. The molecule has 0 spiro atoms. The molecule has 1 heterocycles. The quantitative estimate of drug-likeness (QED) is 0.682. The predicted molar refractivity (Wildman–Crippen MR) is 64.1 cm³/mol. The monoisotopic (exact) mass is 264 g/mol. The zero-order chi connectivity index (χ0) is 12.9. The van der Waals surface area contributed by atoms with Gasteiger partial charge in [-0.2, -0.15) is 4.31 Å². The number of nitrogens with zero attached hydrogens (tertiary/aromatic N) is 1. The largest absolute Gasteiger partial charge is 0.468 e. The van der Waals surface area contributed by atoms with Gasteiger partial charge in [0.25, 0.3) is 0 Å². The van der Waals surface area contributed by atoms with Gasteiger partial charge >= 0.3 is 5.97 Å². The molecule has 0 aromatic heterocycles. The summed E-state index contributed by atoms with van der Waals surface area (Å²) >= 11 is 0. The molecule has 1 aliphatic heterocycles. The standard InChI is InChI=1S/C10H20N2O4S/c1-3-12(9-5-4-6-11-7-9)17(14,15)8-10(13)16-2/h9,11H,3-8H2,1-2H3. The smallest absolute Gasteiger partial charge is 0.322 e. The molecule has 0 saturated carbocycles. The van der Waals surface area contributed by atoms with Crippen molar-refractivity contribution in [1.29, 1.82) is 0 Å². The molecule has 0 aliphatic carbocycles. The molecule has 1 unspecified atom stereocenters. The highest BCUT2D eigenvalue weighted by Crippen LogP contribution is 2.15. The molecule has 0 aromatic carbocycles. The Bertz CT molecular complexity index is 349. The normalized spacial score (nSPS) is 21.5. The van der Waals surface area contributed by atoms with Crippen molar-refractivity contribution in [3.05, 3.63) is 0 Å². The fraction of sp³-hybridized carbons (Fsp3) is 0.900. The second-order valence-corrected chi connectivity index (χ2v) is 5.96. The molecule has 0 radical (unpaired) electrons. The number of methoxy groups -OCH3 is 1. The summed E-state index contributed by atoms with van der Waals surface area (Å²) in [5, 5.41) is 3.17. The molecular formula is C10H20N2O4S. The van der Waals surface area contributed by atoms with Gasteiger partial charge < -0.3 is 10.1 Å². The van der Waals surface area contributed by atoms with E-state index in [9.17, 15) is 13.2 Å². The molecule has 1 fully saturated rings. The van der Waals surface area contributed by atoms with Gasteiger partial charge in [0.05, 0.1) is 7.11 Å². The van der Waals surface area contributed by atoms with Crippen molar-refractivity contribution in [1.82, 2.24) is 9.62 Å². The molecule has 1 aliphatic rings. The lowest BCUT2D eigenvalue weighted by Crippen LogP contribution is -2.49. The maximum absolute atomic E-state index is 12.0. The van der Waals surface area contributed by atoms with E-state index < -0.39 is 21.7 Å². The molecular weight excluding hydrogens is 244 g/mol. The second kappa shape index (κ2) is 6.32. The van der Waals surface area contributed by atoms with Crippen molar-refractivity contribution < 1.29 is 17.9 Å². The molecule has 7 heteroatoms. The highest BCUT2D eigenvalue weighted by molar-refractivity contribution is 7.89. The molecule has 1 N–H and O–H groups in total. The van der Waals surface area contributed by atoms with Crippen molar-refractivity contribution in [3.63, 3.8) is 0 Å². The van der Waals surface area contributed by atoms with Crippen LogP contribution in [-0.4, -0.2) is 57.2 Å². The Morgan fingerprint density at radius 1 is 1.53 bits per heavy atom. The third kappa shape index (κ3) is 3.93. The Hall–Kier alpha value is -0.660. The minimum absolute atomic E-state index is 0.0524. The van der Waals surface area contributed by atoms with Crippen LogP contribution in [0.2, 0.25) is 0 Å². The number of ether oxygens (including phenoxy) is 1. The van der Waals surface area contributed by atoms with E-state index in [1.165, 1.54) is 11.4 Å². The number of likely N-dealkylation sites (N-methyl/N-ethyl adjacent to an activating group) is 1. The molecule has 1 saturated heterocycles. The van der Waals surface area contributed by atoms with Crippen molar-refractivity contribution >= 4 is 16.0 Å². The maximum atomic E-state index is 12.0. The van der Waals surface area contributed by atoms with E-state index in [0.29, 0.717) is 13.1 Å². The van der Waals surface area contributed by atoms with Crippen molar-refractivity contribution in [2.75, 3.05) is 32.5 Å². The minimum Gasteiger partial charge on any atom is -0.468 e. The van der Waals surface area contributed by atoms with E-state index in [2.05, 4.69) is 10.1 Å². The number of carbonyl (C=O) groups excluding carboxylic acids is 1. The molecule has 0 bridgehead atoms. The van der Waals surface area contributed by atoms with Crippen LogP contribution >= 0.6 is 0 Å². The zero-order valence-electron chi connectivity index (χ0n) is 10.3. The first-order valence-corrected chi connectivity index (χ1v) is 7.39. The Kier molecular flexibility index (Phi) is 5.35. The number of hydrogen-bond acceptors (Lipinski definition) is 5. The van der Waals surface area contributed by atoms with E-state index in [1.54, 1.807) is 6.92 Å². The lowest BCUT2D eigenvalue weighted by Gasteiger charge is -2.32. The molecule has 6 nitrogen and oxygen atoms in total. The van der Waals surface area contributed by atoms with Crippen LogP contribution in [0.25, 0.3) is 0 Å². The van der Waals surface area contributed by atoms with E-state index in [4.69, 9.17) is 0 Å². The van der Waals surface area contributed by atoms with E-state index in [0.717, 1.165) is 19.4 Å². The second-order valence-electron chi connectivity index (χ2n) is 4.04. The molecule has 100 valence electrons. The molecule has 0 amide bonds. The fourth-order valence-electron chi connectivity index (χ4n) is 2.05. The summed E-state index contributed by atoms with van der Waals surface area (Å²) < 4.78 is 29.9. The topological polar surface area (TPSA) is 75.7 Å². The van der Waals surface area contributed by atoms with Gasteiger partial charge in [0.2, 0.25) is 10.0 Å². The van der Waals surface area contributed by atoms with E-state index >= 15 is 0 Å². The summed E-state index contributed by atoms with van der Waals surface area (Å²) in [5.41, 5.74) is 0. The van der Waals surface area contributed by atoms with Crippen LogP contribution in [0.5, 0.6) is 0 Å². The van der Waals surface area contributed by atoms with Crippen molar-refractivity contribution in [2.24, 2.45) is 0 Å². The number of nitrogens with one attached hydrogen (secondary N) is 1. The average Bonchev–Trinajstić information content (AvgIpc) is 2.30. The highest BCUT2D eigenvalue weighted by Gasteiger charge is 2.31. The Morgan fingerprint density at radius 3 is 2.71 bits per heavy atom. The number of carbonyl (C=O) groups is 1. The number of esters is 1. The molecule has 17 heavy (non-hydrogen) atoms. The third-order valence-electron chi connectivity index (χ3n) is 2.88. The SMILES string of the molecule is CCN(C1CCCNC1)S(=O)(=O)CC(=O)OC. The maximum Gasteiger partial charge on any atom is 0.322 e. The van der Waals surface area contributed by atoms with Gasteiger partial charge in [-0.15, -0.1) is 0 Å². The summed E-state index contributed by atoms with van der Waals surface area (Å²) in [5.74, 6) is -1.29. The summed E-state index contributed by atoms with van der Waals surface area (Å²) in [6.07, 6.45) is 1.79. The molecule has 1 atom stereocenters. The summed E-state index contributed by atoms with van der Waals surface area (Å²) in [6, 6.07) is -0.0524. The van der Waals surface area contributed by atoms with Gasteiger partial charge in [0.1, 0.15) is 0 Å². The first kappa shape index (κ1) is 14.4. The number of hydrogen-bond donors (Lipinski definition) is 1. The van der Waals surface area contributed by atoms with Crippen LogP contribution in [0.3, 0.4) is 0 Å². The van der Waals surface area contributed by atoms with Gasteiger partial charge in [0.15, 0.2) is 5.75 Å². The average molecular weight is 264 g/mol. The van der Waals surface area contributed by atoms with Gasteiger partial charge in [-0.1, -0.05) is 6.92 Å². The highest BCUT2D eigenvalue weighted by atomic mass is 32.2. The molecule has 0 aromatic rings. The van der Waals surface area contributed by atoms with Crippen LogP contribution in [0, 0.1) is 0 Å². The van der Waals surface area contributed by atoms with Crippen molar-refractivity contribution in [2.45, 2.75) is 25.8 Å². The van der Waals surface area contributed by atoms with Gasteiger partial charge in [0, 0.05) is 19.1 Å². The van der Waals surface area contributed by atoms with Gasteiger partial charge in [-0.05, 0) is 19.4 Å². The fourth-order valence-corrected chi connectivity index (χ4v) is 3.66. The van der Waals surface area contributed by atoms with Crippen LogP contribution < -0.4 is 5.32 Å². The van der Waals surface area contributed by atoms with Gasteiger partial charge in [-0.25, -0.2) is 8.42 Å². The zero-order valence-corrected chi connectivity index (χ0v) is 11.1. The van der Waals surface area contributed by atoms with Gasteiger partial charge in [-0.3, -0.25) is 4.79 Å². The van der Waals surface area contributed by atoms with Crippen molar-refractivity contribution in [3.8, 4) is 0 Å². The van der Waals surface area contributed by atoms with Crippen LogP contribution in [0.15, 0.2) is 0 Å². The number of sulfonamides is 1. The predicted octanol–water partition coefficient (Wildman–Crippen LogP) is -0.437. The Balaban J connectivity index is 2.73. The van der Waals surface area contributed by atoms with E-state index in [1.807, 2.05) is 0 Å². The lowest BCUT2D eigenvalue weighted by molar-refractivity contribution is -0.137. The third-order valence-corrected chi connectivity index (χ3v) is 4.75. The molecule has 1 rings (SSSR count). The summed E-state index contributed by atoms with van der Waals surface area (Å²) in [4.78, 5) is 11.1. The first-order valence-electron chi connectivity index (χ1n) is 5.78. The van der Waals surface area contributed by atoms with Crippen LogP contribution in [0.4, 0.5) is 0 Å².